The summed E-state index contributed by atoms with van der Waals surface area (Å²) < 4.78 is 9.61. The van der Waals surface area contributed by atoms with E-state index < -0.39 is 6.16 Å². The van der Waals surface area contributed by atoms with E-state index in [1.807, 2.05) is 35.2 Å². The fourth-order valence-corrected chi connectivity index (χ4v) is 1.59. The number of hydrogen-bond donors (Lipinski definition) is 0. The van der Waals surface area contributed by atoms with Crippen molar-refractivity contribution < 1.29 is 14.3 Å². The van der Waals surface area contributed by atoms with Crippen molar-refractivity contribution in [2.45, 2.75) is 13.3 Å². The van der Waals surface area contributed by atoms with Crippen molar-refractivity contribution in [3.8, 4) is 6.07 Å². The van der Waals surface area contributed by atoms with Crippen molar-refractivity contribution in [1.29, 1.82) is 5.26 Å². The van der Waals surface area contributed by atoms with E-state index in [0.717, 1.165) is 5.69 Å². The second-order valence-corrected chi connectivity index (χ2v) is 3.76. The second-order valence-electron chi connectivity index (χ2n) is 3.76. The van der Waals surface area contributed by atoms with E-state index >= 15 is 0 Å². The fraction of sp³-hybridized carbons (Fsp3) is 0.429. The quantitative estimate of drug-likeness (QED) is 0.707. The zero-order valence-corrected chi connectivity index (χ0v) is 11.0. The van der Waals surface area contributed by atoms with Gasteiger partial charge in [0, 0.05) is 12.2 Å². The van der Waals surface area contributed by atoms with Crippen LogP contribution >= 0.6 is 0 Å². The molecule has 0 radical (unpaired) electrons. The predicted octanol–water partition coefficient (Wildman–Crippen LogP) is 2.58. The third kappa shape index (κ3) is 5.77. The molecule has 0 heterocycles. The van der Waals surface area contributed by atoms with E-state index in [1.165, 1.54) is 0 Å². The van der Waals surface area contributed by atoms with Crippen molar-refractivity contribution in [2.75, 3.05) is 31.2 Å². The third-order valence-corrected chi connectivity index (χ3v) is 2.46. The van der Waals surface area contributed by atoms with Crippen LogP contribution in [-0.4, -0.2) is 32.5 Å². The van der Waals surface area contributed by atoms with E-state index in [4.69, 9.17) is 10.00 Å². The topological polar surface area (TPSA) is 62.6 Å². The van der Waals surface area contributed by atoms with Gasteiger partial charge in [0.25, 0.3) is 0 Å². The zero-order valence-electron chi connectivity index (χ0n) is 11.0. The maximum absolute atomic E-state index is 11.1. The molecule has 0 aliphatic carbocycles. The summed E-state index contributed by atoms with van der Waals surface area (Å²) in [6.07, 6.45) is -0.232. The Hall–Kier alpha value is -2.22. The second kappa shape index (κ2) is 8.81. The summed E-state index contributed by atoms with van der Waals surface area (Å²) in [6.45, 7) is 3.40. The summed E-state index contributed by atoms with van der Waals surface area (Å²) >= 11 is 0. The van der Waals surface area contributed by atoms with Crippen LogP contribution in [0.15, 0.2) is 30.3 Å². The van der Waals surface area contributed by atoms with Gasteiger partial charge in [-0.15, -0.1) is 0 Å². The van der Waals surface area contributed by atoms with Crippen LogP contribution in [0.1, 0.15) is 13.3 Å². The molecule has 0 saturated carbocycles. The molecule has 102 valence electrons. The molecule has 0 unspecified atom stereocenters. The molecule has 0 saturated heterocycles. The molecule has 5 nitrogen and oxygen atoms in total. The van der Waals surface area contributed by atoms with Gasteiger partial charge >= 0.3 is 6.16 Å². The first kappa shape index (κ1) is 14.8. The van der Waals surface area contributed by atoms with Gasteiger partial charge in [0.05, 0.1) is 25.6 Å². The summed E-state index contributed by atoms with van der Waals surface area (Å²) in [5.74, 6) is 0. The number of rotatable bonds is 7. The Labute approximate surface area is 113 Å². The first-order valence-corrected chi connectivity index (χ1v) is 6.24. The molecule has 0 N–H and O–H groups in total. The van der Waals surface area contributed by atoms with Crippen LogP contribution in [0.25, 0.3) is 0 Å². The van der Waals surface area contributed by atoms with Crippen molar-refractivity contribution in [2.24, 2.45) is 0 Å². The SMILES string of the molecule is CCOC(=O)OCCN(CCC#N)c1ccccc1. The average Bonchev–Trinajstić information content (AvgIpc) is 2.44. The molecule has 1 aromatic carbocycles. The lowest BCUT2D eigenvalue weighted by molar-refractivity contribution is 0.0610. The fourth-order valence-electron chi connectivity index (χ4n) is 1.59. The first-order valence-electron chi connectivity index (χ1n) is 6.24. The van der Waals surface area contributed by atoms with E-state index in [1.54, 1.807) is 6.92 Å². The summed E-state index contributed by atoms with van der Waals surface area (Å²) in [4.78, 5) is 13.1. The molecule has 0 atom stereocenters. The van der Waals surface area contributed by atoms with Gasteiger partial charge in [0.2, 0.25) is 0 Å². The molecule has 0 spiro atoms. The van der Waals surface area contributed by atoms with Crippen LogP contribution in [0.5, 0.6) is 0 Å². The van der Waals surface area contributed by atoms with Gasteiger partial charge in [-0.2, -0.15) is 5.26 Å². The minimum atomic E-state index is -0.657. The summed E-state index contributed by atoms with van der Waals surface area (Å²) in [5, 5.41) is 8.66. The minimum absolute atomic E-state index is 0.235. The predicted molar refractivity (Wildman–Crippen MR) is 71.9 cm³/mol. The number of nitriles is 1. The number of ether oxygens (including phenoxy) is 2. The normalized spacial score (nSPS) is 9.47. The van der Waals surface area contributed by atoms with E-state index in [2.05, 4.69) is 10.8 Å². The van der Waals surface area contributed by atoms with E-state index in [-0.39, 0.29) is 6.61 Å². The van der Waals surface area contributed by atoms with Gasteiger partial charge in [0.15, 0.2) is 0 Å². The number of nitrogens with zero attached hydrogens (tertiary/aromatic N) is 2. The molecule has 0 amide bonds. The Morgan fingerprint density at radius 1 is 1.26 bits per heavy atom. The maximum atomic E-state index is 11.1. The van der Waals surface area contributed by atoms with Gasteiger partial charge in [-0.25, -0.2) is 4.79 Å². The number of benzene rings is 1. The van der Waals surface area contributed by atoms with Gasteiger partial charge in [0.1, 0.15) is 6.61 Å². The Kier molecular flexibility index (Phi) is 6.88. The standard InChI is InChI=1S/C14H18N2O3/c1-2-18-14(17)19-12-11-16(10-6-9-15)13-7-4-3-5-8-13/h3-5,7-8H,2,6,10-12H2,1H3. The van der Waals surface area contributed by atoms with Crippen LogP contribution in [0, 0.1) is 11.3 Å². The smallest absolute Gasteiger partial charge is 0.435 e. The maximum Gasteiger partial charge on any atom is 0.508 e. The molecule has 0 fully saturated rings. The number of para-hydroxylation sites is 1. The lowest BCUT2D eigenvalue weighted by Crippen LogP contribution is -2.29. The van der Waals surface area contributed by atoms with Crippen LogP contribution in [-0.2, 0) is 9.47 Å². The molecular weight excluding hydrogens is 244 g/mol. The van der Waals surface area contributed by atoms with E-state index in [0.29, 0.717) is 26.1 Å². The molecule has 19 heavy (non-hydrogen) atoms. The average molecular weight is 262 g/mol. The highest BCUT2D eigenvalue weighted by atomic mass is 16.7. The molecule has 1 rings (SSSR count). The first-order chi connectivity index (χ1) is 9.27. The molecule has 0 aromatic heterocycles. The molecule has 0 bridgehead atoms. The van der Waals surface area contributed by atoms with Gasteiger partial charge in [-0.3, -0.25) is 0 Å². The largest absolute Gasteiger partial charge is 0.508 e. The lowest BCUT2D eigenvalue weighted by atomic mass is 10.2. The van der Waals surface area contributed by atoms with Crippen molar-refractivity contribution in [3.05, 3.63) is 30.3 Å². The van der Waals surface area contributed by atoms with Crippen LogP contribution < -0.4 is 4.90 Å². The summed E-state index contributed by atoms with van der Waals surface area (Å²) in [5.41, 5.74) is 1.00. The van der Waals surface area contributed by atoms with Gasteiger partial charge in [-0.05, 0) is 19.1 Å². The molecule has 5 heteroatoms. The zero-order chi connectivity index (χ0) is 13.9. The van der Waals surface area contributed by atoms with Crippen LogP contribution in [0.4, 0.5) is 10.5 Å². The van der Waals surface area contributed by atoms with Crippen LogP contribution in [0.3, 0.4) is 0 Å². The third-order valence-electron chi connectivity index (χ3n) is 2.46. The number of carbonyl (C=O) groups excluding carboxylic acids is 1. The minimum Gasteiger partial charge on any atom is -0.435 e. The van der Waals surface area contributed by atoms with E-state index in [9.17, 15) is 4.79 Å². The highest BCUT2D eigenvalue weighted by Gasteiger charge is 2.08. The number of carbonyl (C=O) groups is 1. The summed E-state index contributed by atoms with van der Waals surface area (Å²) in [6, 6.07) is 11.8. The van der Waals surface area contributed by atoms with Gasteiger partial charge < -0.3 is 14.4 Å². The Morgan fingerprint density at radius 3 is 2.63 bits per heavy atom. The molecule has 0 aliphatic rings. The highest BCUT2D eigenvalue weighted by molar-refractivity contribution is 5.59. The van der Waals surface area contributed by atoms with Crippen molar-refractivity contribution >= 4 is 11.8 Å². The number of anilines is 1. The Morgan fingerprint density at radius 2 is 2.00 bits per heavy atom. The molecular formula is C14H18N2O3. The highest BCUT2D eigenvalue weighted by Crippen LogP contribution is 2.13. The Bertz CT molecular complexity index is 414. The lowest BCUT2D eigenvalue weighted by Gasteiger charge is -2.23. The van der Waals surface area contributed by atoms with Crippen molar-refractivity contribution in [1.82, 2.24) is 0 Å². The van der Waals surface area contributed by atoms with Crippen molar-refractivity contribution in [3.63, 3.8) is 0 Å². The number of hydrogen-bond acceptors (Lipinski definition) is 5. The monoisotopic (exact) mass is 262 g/mol. The summed E-state index contributed by atoms with van der Waals surface area (Å²) in [7, 11) is 0. The molecule has 0 aliphatic heterocycles. The van der Waals surface area contributed by atoms with Gasteiger partial charge in [-0.1, -0.05) is 18.2 Å². The molecule has 1 aromatic rings. The van der Waals surface area contributed by atoms with Crippen LogP contribution in [0.2, 0.25) is 0 Å². The Balaban J connectivity index is 2.47.